The Bertz CT molecular complexity index is 1000. The van der Waals surface area contributed by atoms with Crippen LogP contribution in [0.5, 0.6) is 0 Å². The van der Waals surface area contributed by atoms with Crippen LogP contribution in [-0.4, -0.2) is 35.6 Å². The van der Waals surface area contributed by atoms with Crippen molar-refractivity contribution >= 4 is 28.2 Å². The summed E-state index contributed by atoms with van der Waals surface area (Å²) >= 11 is 1.80. The van der Waals surface area contributed by atoms with E-state index in [1.54, 1.807) is 24.3 Å². The van der Waals surface area contributed by atoms with Crippen molar-refractivity contribution in [2.45, 2.75) is 45.6 Å². The Kier molecular flexibility index (Phi) is 5.96. The van der Waals surface area contributed by atoms with Gasteiger partial charge in [-0.3, -0.25) is 4.79 Å². The standard InChI is InChI=1S/C22H26FN3O2S/c1-14-11-18(29-21(14)13-24-15(2)27)7-10-26-8-5-16(6-9-26)22-19-4-3-17(23)12-20(19)28-25-22/h3-4,11-12,16H,5-10,13H2,1-2H3,(H,24,27). The quantitative estimate of drug-likeness (QED) is 0.649. The highest BCUT2D eigenvalue weighted by Gasteiger charge is 2.25. The van der Waals surface area contributed by atoms with Gasteiger partial charge in [0.25, 0.3) is 0 Å². The highest BCUT2D eigenvalue weighted by molar-refractivity contribution is 7.12. The van der Waals surface area contributed by atoms with Crippen molar-refractivity contribution in [3.63, 3.8) is 0 Å². The third kappa shape index (κ3) is 4.67. The molecule has 1 aromatic carbocycles. The van der Waals surface area contributed by atoms with Crippen LogP contribution < -0.4 is 5.32 Å². The average molecular weight is 416 g/mol. The number of fused-ring (bicyclic) bond motifs is 1. The number of nitrogens with one attached hydrogen (secondary N) is 1. The van der Waals surface area contributed by atoms with Gasteiger partial charge in [-0.15, -0.1) is 11.3 Å². The Labute approximate surface area is 173 Å². The van der Waals surface area contributed by atoms with Crippen LogP contribution in [0.15, 0.2) is 28.8 Å². The van der Waals surface area contributed by atoms with Crippen molar-refractivity contribution in [3.8, 4) is 0 Å². The van der Waals surface area contributed by atoms with E-state index in [0.717, 1.165) is 50.0 Å². The van der Waals surface area contributed by atoms with Gasteiger partial charge in [0.05, 0.1) is 12.2 Å². The molecular formula is C22H26FN3O2S. The fourth-order valence-electron chi connectivity index (χ4n) is 4.02. The molecule has 1 fully saturated rings. The van der Waals surface area contributed by atoms with Gasteiger partial charge in [0, 0.05) is 40.6 Å². The van der Waals surface area contributed by atoms with Crippen LogP contribution in [0.2, 0.25) is 0 Å². The monoisotopic (exact) mass is 415 g/mol. The van der Waals surface area contributed by atoms with E-state index in [2.05, 4.69) is 28.4 Å². The molecular weight excluding hydrogens is 389 g/mol. The van der Waals surface area contributed by atoms with Crippen LogP contribution >= 0.6 is 11.3 Å². The number of carbonyl (C=O) groups excluding carboxylic acids is 1. The molecule has 7 heteroatoms. The van der Waals surface area contributed by atoms with Gasteiger partial charge in [0.15, 0.2) is 5.58 Å². The van der Waals surface area contributed by atoms with Crippen LogP contribution in [0.1, 0.15) is 46.7 Å². The van der Waals surface area contributed by atoms with Crippen molar-refractivity contribution in [1.82, 2.24) is 15.4 Å². The first-order valence-electron chi connectivity index (χ1n) is 10.1. The van der Waals surface area contributed by atoms with E-state index in [9.17, 15) is 9.18 Å². The molecule has 0 bridgehead atoms. The summed E-state index contributed by atoms with van der Waals surface area (Å²) in [7, 11) is 0. The Balaban J connectivity index is 1.30. The lowest BCUT2D eigenvalue weighted by molar-refractivity contribution is -0.119. The summed E-state index contributed by atoms with van der Waals surface area (Å²) < 4.78 is 18.7. The molecule has 1 aliphatic rings. The maximum absolute atomic E-state index is 13.4. The van der Waals surface area contributed by atoms with E-state index in [1.807, 2.05) is 0 Å². The lowest BCUT2D eigenvalue weighted by atomic mass is 9.91. The molecule has 0 radical (unpaired) electrons. The number of halogens is 1. The Morgan fingerprint density at radius 3 is 2.90 bits per heavy atom. The first-order chi connectivity index (χ1) is 14.0. The molecule has 0 atom stereocenters. The number of hydrogen-bond donors (Lipinski definition) is 1. The second kappa shape index (κ2) is 8.63. The number of nitrogens with zero attached hydrogens (tertiary/aromatic N) is 2. The summed E-state index contributed by atoms with van der Waals surface area (Å²) in [5.74, 6) is 0.0810. The van der Waals surface area contributed by atoms with E-state index in [0.29, 0.717) is 18.0 Å². The zero-order valence-corrected chi connectivity index (χ0v) is 17.7. The maximum atomic E-state index is 13.4. The van der Waals surface area contributed by atoms with Crippen LogP contribution in [0.25, 0.3) is 11.0 Å². The van der Waals surface area contributed by atoms with Crippen molar-refractivity contribution in [1.29, 1.82) is 0 Å². The van der Waals surface area contributed by atoms with E-state index in [4.69, 9.17) is 4.52 Å². The fraction of sp³-hybridized carbons (Fsp3) is 0.455. The minimum Gasteiger partial charge on any atom is -0.356 e. The molecule has 3 heterocycles. The summed E-state index contributed by atoms with van der Waals surface area (Å²) in [6, 6.07) is 6.90. The largest absolute Gasteiger partial charge is 0.356 e. The third-order valence-electron chi connectivity index (χ3n) is 5.68. The van der Waals surface area contributed by atoms with Crippen LogP contribution in [0.4, 0.5) is 4.39 Å². The number of piperidine rings is 1. The summed E-state index contributed by atoms with van der Waals surface area (Å²) in [6.07, 6.45) is 3.11. The second-order valence-electron chi connectivity index (χ2n) is 7.80. The van der Waals surface area contributed by atoms with Crippen LogP contribution in [0.3, 0.4) is 0 Å². The van der Waals surface area contributed by atoms with E-state index in [-0.39, 0.29) is 11.7 Å². The maximum Gasteiger partial charge on any atom is 0.217 e. The zero-order chi connectivity index (χ0) is 20.4. The number of rotatable bonds is 6. The Morgan fingerprint density at radius 1 is 1.34 bits per heavy atom. The number of aromatic nitrogens is 1. The summed E-state index contributed by atoms with van der Waals surface area (Å²) in [4.78, 5) is 16.2. The smallest absolute Gasteiger partial charge is 0.217 e. The number of amides is 1. The first-order valence-corrected chi connectivity index (χ1v) is 10.9. The SMILES string of the molecule is CC(=O)NCc1sc(CCN2CCC(c3noc4cc(F)ccc34)CC2)cc1C. The van der Waals surface area contributed by atoms with Gasteiger partial charge < -0.3 is 14.7 Å². The average Bonchev–Trinajstić information content (AvgIpc) is 3.28. The predicted molar refractivity (Wildman–Crippen MR) is 113 cm³/mol. The molecule has 4 rings (SSSR count). The molecule has 0 saturated carbocycles. The van der Waals surface area contributed by atoms with Gasteiger partial charge in [0.1, 0.15) is 5.82 Å². The van der Waals surface area contributed by atoms with E-state index < -0.39 is 0 Å². The molecule has 3 aromatic rings. The molecule has 154 valence electrons. The topological polar surface area (TPSA) is 58.4 Å². The molecule has 1 aliphatic heterocycles. The van der Waals surface area contributed by atoms with Crippen LogP contribution in [-0.2, 0) is 17.8 Å². The van der Waals surface area contributed by atoms with Gasteiger partial charge in [-0.1, -0.05) is 5.16 Å². The minimum absolute atomic E-state index is 0.00671. The van der Waals surface area contributed by atoms with Gasteiger partial charge in [0.2, 0.25) is 5.91 Å². The van der Waals surface area contributed by atoms with Gasteiger partial charge in [-0.2, -0.15) is 0 Å². The number of carbonyl (C=O) groups is 1. The molecule has 0 aliphatic carbocycles. The highest BCUT2D eigenvalue weighted by Crippen LogP contribution is 2.33. The van der Waals surface area contributed by atoms with E-state index >= 15 is 0 Å². The first kappa shape index (κ1) is 20.0. The number of thiophene rings is 1. The summed E-state index contributed by atoms with van der Waals surface area (Å²) in [5, 5.41) is 8.05. The van der Waals surface area contributed by atoms with E-state index in [1.165, 1.54) is 27.5 Å². The molecule has 0 unspecified atom stereocenters. The Hall–Kier alpha value is -2.25. The van der Waals surface area contributed by atoms with Gasteiger partial charge >= 0.3 is 0 Å². The van der Waals surface area contributed by atoms with Crippen molar-refractivity contribution in [3.05, 3.63) is 51.1 Å². The van der Waals surface area contributed by atoms with Crippen LogP contribution in [0, 0.1) is 12.7 Å². The summed E-state index contributed by atoms with van der Waals surface area (Å²) in [6.45, 7) is 7.38. The molecule has 29 heavy (non-hydrogen) atoms. The molecule has 2 aromatic heterocycles. The van der Waals surface area contributed by atoms with Crippen molar-refractivity contribution in [2.24, 2.45) is 0 Å². The second-order valence-corrected chi connectivity index (χ2v) is 9.02. The molecule has 1 saturated heterocycles. The Morgan fingerprint density at radius 2 is 2.14 bits per heavy atom. The lowest BCUT2D eigenvalue weighted by Crippen LogP contribution is -2.34. The van der Waals surface area contributed by atoms with Crippen molar-refractivity contribution in [2.75, 3.05) is 19.6 Å². The molecule has 0 spiro atoms. The zero-order valence-electron chi connectivity index (χ0n) is 16.8. The number of likely N-dealkylation sites (tertiary alicyclic amines) is 1. The lowest BCUT2D eigenvalue weighted by Gasteiger charge is -2.31. The number of hydrogen-bond acceptors (Lipinski definition) is 5. The third-order valence-corrected chi connectivity index (χ3v) is 6.98. The van der Waals surface area contributed by atoms with Crippen molar-refractivity contribution < 1.29 is 13.7 Å². The predicted octanol–water partition coefficient (Wildman–Crippen LogP) is 4.40. The summed E-state index contributed by atoms with van der Waals surface area (Å²) in [5.41, 5.74) is 2.76. The highest BCUT2D eigenvalue weighted by atomic mass is 32.1. The minimum atomic E-state index is -0.293. The molecule has 1 N–H and O–H groups in total. The number of aryl methyl sites for hydroxylation is 1. The normalized spacial score (nSPS) is 15.8. The fourth-order valence-corrected chi connectivity index (χ4v) is 5.13. The van der Waals surface area contributed by atoms with Gasteiger partial charge in [-0.25, -0.2) is 4.39 Å². The van der Waals surface area contributed by atoms with Gasteiger partial charge in [-0.05, 0) is 63.0 Å². The molecule has 1 amide bonds. The number of benzene rings is 1. The molecule has 5 nitrogen and oxygen atoms in total.